The molecular weight excluding hydrogens is 411 g/mol. The van der Waals surface area contributed by atoms with Gasteiger partial charge in [0, 0.05) is 34.5 Å². The average molecular weight is 444 g/mol. The molecule has 2 saturated heterocycles. The standard InChI is InChI=1S/C23H33BN2O4S/c1-21(2,3)28-20(27)26-12-8-9-17(26)16-13-15(14-25-16)18-10-11-19(31-18)24-29-22(4,5)23(6,7)30-24/h10-11,14,17H,8-9,12-13H2,1-7H3/t17-/m0/s1. The second-order valence-corrected chi connectivity index (χ2v) is 11.7. The maximum Gasteiger partial charge on any atom is 0.505 e. The number of thiophene rings is 1. The van der Waals surface area contributed by atoms with Crippen LogP contribution in [-0.2, 0) is 14.0 Å². The van der Waals surface area contributed by atoms with Crippen molar-refractivity contribution in [1.29, 1.82) is 0 Å². The fourth-order valence-corrected chi connectivity index (χ4v) is 5.04. The van der Waals surface area contributed by atoms with Crippen molar-refractivity contribution in [2.45, 2.75) is 90.6 Å². The normalized spacial score (nSPS) is 25.1. The van der Waals surface area contributed by atoms with Crippen LogP contribution >= 0.6 is 11.3 Å². The summed E-state index contributed by atoms with van der Waals surface area (Å²) in [6, 6.07) is 4.23. The van der Waals surface area contributed by atoms with Gasteiger partial charge in [-0.3, -0.25) is 9.89 Å². The zero-order valence-corrected chi connectivity index (χ0v) is 20.5. The summed E-state index contributed by atoms with van der Waals surface area (Å²) < 4.78 is 19.1. The van der Waals surface area contributed by atoms with Crippen LogP contribution in [0, 0.1) is 0 Å². The van der Waals surface area contributed by atoms with Crippen LogP contribution in [0.5, 0.6) is 0 Å². The van der Waals surface area contributed by atoms with Gasteiger partial charge in [-0.05, 0) is 72.9 Å². The molecule has 2 fully saturated rings. The maximum absolute atomic E-state index is 12.6. The van der Waals surface area contributed by atoms with Gasteiger partial charge in [-0.15, -0.1) is 11.3 Å². The number of hydrogen-bond acceptors (Lipinski definition) is 6. The van der Waals surface area contributed by atoms with Crippen LogP contribution in [0.3, 0.4) is 0 Å². The molecule has 0 aliphatic carbocycles. The van der Waals surface area contributed by atoms with Crippen molar-refractivity contribution in [1.82, 2.24) is 4.90 Å². The molecule has 31 heavy (non-hydrogen) atoms. The number of hydrogen-bond donors (Lipinski definition) is 0. The van der Waals surface area contributed by atoms with Gasteiger partial charge in [-0.2, -0.15) is 0 Å². The van der Waals surface area contributed by atoms with Gasteiger partial charge in [0.2, 0.25) is 0 Å². The van der Waals surface area contributed by atoms with Crippen LogP contribution < -0.4 is 4.78 Å². The molecule has 1 aromatic rings. The number of ether oxygens (including phenoxy) is 1. The predicted octanol–water partition coefficient (Wildman–Crippen LogP) is 4.63. The van der Waals surface area contributed by atoms with Crippen molar-refractivity contribution in [3.8, 4) is 0 Å². The van der Waals surface area contributed by atoms with E-state index >= 15 is 0 Å². The van der Waals surface area contributed by atoms with Crippen molar-refractivity contribution in [2.75, 3.05) is 6.54 Å². The summed E-state index contributed by atoms with van der Waals surface area (Å²) in [5.74, 6) is 0. The third-order valence-electron chi connectivity index (χ3n) is 6.45. The molecule has 168 valence electrons. The van der Waals surface area contributed by atoms with Crippen molar-refractivity contribution < 1.29 is 18.8 Å². The van der Waals surface area contributed by atoms with E-state index < -0.39 is 5.60 Å². The van der Waals surface area contributed by atoms with E-state index in [2.05, 4.69) is 39.8 Å². The zero-order valence-electron chi connectivity index (χ0n) is 19.7. The molecule has 8 heteroatoms. The summed E-state index contributed by atoms with van der Waals surface area (Å²) in [7, 11) is -0.344. The molecule has 4 heterocycles. The van der Waals surface area contributed by atoms with Crippen LogP contribution in [0.15, 0.2) is 23.3 Å². The van der Waals surface area contributed by atoms with E-state index in [0.717, 1.165) is 36.3 Å². The van der Waals surface area contributed by atoms with E-state index in [9.17, 15) is 4.79 Å². The first kappa shape index (κ1) is 22.6. The van der Waals surface area contributed by atoms with Gasteiger partial charge in [-0.1, -0.05) is 6.07 Å². The number of likely N-dealkylation sites (tertiary alicyclic amines) is 1. The molecule has 1 atom stereocenters. The number of carbonyl (C=O) groups is 1. The Morgan fingerprint density at radius 3 is 2.55 bits per heavy atom. The smallest absolute Gasteiger partial charge is 0.444 e. The highest BCUT2D eigenvalue weighted by atomic mass is 32.1. The number of aliphatic imine (C=N–C) groups is 1. The maximum atomic E-state index is 12.6. The van der Waals surface area contributed by atoms with Crippen molar-refractivity contribution in [3.05, 3.63) is 23.2 Å². The minimum atomic E-state index is -0.494. The molecule has 0 unspecified atom stereocenters. The molecule has 0 aromatic carbocycles. The number of nitrogens with zero attached hydrogens (tertiary/aromatic N) is 2. The Bertz CT molecular complexity index is 912. The van der Waals surface area contributed by atoms with Crippen LogP contribution in [0.25, 0.3) is 5.57 Å². The SMILES string of the molecule is CC(C)(C)OC(=O)N1CCC[C@H]1C1=NC=C(c2ccc(B3OC(C)(C)C(C)(C)O3)s2)C1. The molecule has 0 saturated carbocycles. The third kappa shape index (κ3) is 4.48. The number of carbonyl (C=O) groups excluding carboxylic acids is 1. The number of amides is 1. The monoisotopic (exact) mass is 444 g/mol. The van der Waals surface area contributed by atoms with Crippen molar-refractivity contribution in [2.24, 2.45) is 4.99 Å². The molecule has 3 aliphatic rings. The topological polar surface area (TPSA) is 60.4 Å². The summed E-state index contributed by atoms with van der Waals surface area (Å²) in [6.07, 6.45) is 4.37. The molecule has 0 radical (unpaired) electrons. The van der Waals surface area contributed by atoms with E-state index in [1.165, 1.54) is 10.5 Å². The Balaban J connectivity index is 1.41. The molecule has 1 amide bonds. The van der Waals surface area contributed by atoms with Crippen LogP contribution in [0.1, 0.15) is 72.6 Å². The highest BCUT2D eigenvalue weighted by Crippen LogP contribution is 2.38. The first-order chi connectivity index (χ1) is 14.4. The lowest BCUT2D eigenvalue weighted by Crippen LogP contribution is -2.43. The third-order valence-corrected chi connectivity index (χ3v) is 7.63. The lowest BCUT2D eigenvalue weighted by atomic mass is 9.88. The highest BCUT2D eigenvalue weighted by Gasteiger charge is 2.52. The Labute approximate surface area is 189 Å². The highest BCUT2D eigenvalue weighted by molar-refractivity contribution is 7.23. The lowest BCUT2D eigenvalue weighted by molar-refractivity contribution is 0.00578. The minimum absolute atomic E-state index is 0.0196. The predicted molar refractivity (Wildman–Crippen MR) is 126 cm³/mol. The van der Waals surface area contributed by atoms with E-state index in [-0.39, 0.29) is 30.5 Å². The molecule has 0 bridgehead atoms. The Hall–Kier alpha value is -1.64. The first-order valence-corrected chi connectivity index (χ1v) is 11.9. The molecule has 3 aliphatic heterocycles. The fraction of sp³-hybridized carbons (Fsp3) is 0.652. The van der Waals surface area contributed by atoms with Crippen LogP contribution in [0.2, 0.25) is 0 Å². The molecule has 6 nitrogen and oxygen atoms in total. The molecular formula is C23H33BN2O4S. The van der Waals surface area contributed by atoms with Gasteiger partial charge in [-0.25, -0.2) is 4.79 Å². The van der Waals surface area contributed by atoms with E-state index in [1.807, 2.05) is 31.9 Å². The van der Waals surface area contributed by atoms with E-state index in [1.54, 1.807) is 11.3 Å². The number of rotatable bonds is 3. The largest absolute Gasteiger partial charge is 0.505 e. The van der Waals surface area contributed by atoms with Crippen LogP contribution in [-0.4, -0.2) is 53.2 Å². The fourth-order valence-electron chi connectivity index (χ4n) is 4.07. The lowest BCUT2D eigenvalue weighted by Gasteiger charge is -2.32. The zero-order chi connectivity index (χ0) is 22.6. The summed E-state index contributed by atoms with van der Waals surface area (Å²) in [4.78, 5) is 20.4. The van der Waals surface area contributed by atoms with E-state index in [0.29, 0.717) is 0 Å². The van der Waals surface area contributed by atoms with Crippen molar-refractivity contribution in [3.63, 3.8) is 0 Å². The summed E-state index contributed by atoms with van der Waals surface area (Å²) >= 11 is 1.69. The van der Waals surface area contributed by atoms with Gasteiger partial charge >= 0.3 is 13.2 Å². The van der Waals surface area contributed by atoms with E-state index in [4.69, 9.17) is 19.0 Å². The first-order valence-electron chi connectivity index (χ1n) is 11.1. The summed E-state index contributed by atoms with van der Waals surface area (Å²) in [6.45, 7) is 14.7. The molecule has 4 rings (SSSR count). The number of allylic oxidation sites excluding steroid dienone is 1. The second-order valence-electron chi connectivity index (χ2n) is 10.6. The molecule has 0 N–H and O–H groups in total. The van der Waals surface area contributed by atoms with Gasteiger partial charge in [0.05, 0.1) is 17.2 Å². The quantitative estimate of drug-likeness (QED) is 0.638. The Morgan fingerprint density at radius 1 is 1.23 bits per heavy atom. The van der Waals surface area contributed by atoms with Gasteiger partial charge in [0.1, 0.15) is 5.60 Å². The average Bonchev–Trinajstić information content (AvgIpc) is 3.38. The molecule has 0 spiro atoms. The van der Waals surface area contributed by atoms with Gasteiger partial charge in [0.25, 0.3) is 0 Å². The Morgan fingerprint density at radius 2 is 1.90 bits per heavy atom. The molecule has 1 aromatic heterocycles. The summed E-state index contributed by atoms with van der Waals surface area (Å²) in [5.41, 5.74) is 1.03. The van der Waals surface area contributed by atoms with Crippen molar-refractivity contribution >= 4 is 40.6 Å². The minimum Gasteiger partial charge on any atom is -0.444 e. The van der Waals surface area contributed by atoms with Crippen LogP contribution in [0.4, 0.5) is 4.79 Å². The summed E-state index contributed by atoms with van der Waals surface area (Å²) in [5, 5.41) is 0. The second kappa shape index (κ2) is 7.75. The van der Waals surface area contributed by atoms with Gasteiger partial charge in [0.15, 0.2) is 0 Å². The van der Waals surface area contributed by atoms with Gasteiger partial charge < -0.3 is 14.0 Å². The Kier molecular flexibility index (Phi) is 5.64.